The quantitative estimate of drug-likeness (QED) is 0.542. The number of aromatic nitrogens is 4. The fourth-order valence-electron chi connectivity index (χ4n) is 3.01. The first kappa shape index (κ1) is 14.3. The third-order valence-corrected chi connectivity index (χ3v) is 4.15. The van der Waals surface area contributed by atoms with Crippen LogP contribution in [-0.2, 0) is 13.0 Å². The first-order chi connectivity index (χ1) is 11.7. The van der Waals surface area contributed by atoms with Gasteiger partial charge in [-0.2, -0.15) is 0 Å². The van der Waals surface area contributed by atoms with Gasteiger partial charge in [0.25, 0.3) is 0 Å². The summed E-state index contributed by atoms with van der Waals surface area (Å²) in [6, 6.07) is 8.13. The Morgan fingerprint density at radius 2 is 1.92 bits per heavy atom. The molecule has 0 bridgehead atoms. The Morgan fingerprint density at radius 1 is 1.12 bits per heavy atom. The fraction of sp³-hybridized carbons (Fsp3) is 0.188. The summed E-state index contributed by atoms with van der Waals surface area (Å²) in [7, 11) is 0. The predicted molar refractivity (Wildman–Crippen MR) is 87.0 cm³/mol. The van der Waals surface area contributed by atoms with Gasteiger partial charge in [-0.05, 0) is 17.5 Å². The molecular weight excluding hydrogens is 308 g/mol. The Bertz CT molecular complexity index is 893. The summed E-state index contributed by atoms with van der Waals surface area (Å²) in [6.45, 7) is 1.27. The maximum Gasteiger partial charge on any atom is 0.354 e. The van der Waals surface area contributed by atoms with Crippen LogP contribution in [0.1, 0.15) is 11.1 Å². The Kier molecular flexibility index (Phi) is 3.42. The Hall–Kier alpha value is -3.29. The van der Waals surface area contributed by atoms with E-state index in [4.69, 9.17) is 0 Å². The molecule has 1 aliphatic rings. The van der Waals surface area contributed by atoms with Gasteiger partial charge in [0, 0.05) is 25.5 Å². The number of nitro groups is 1. The van der Waals surface area contributed by atoms with Crippen LogP contribution in [0.5, 0.6) is 0 Å². The average molecular weight is 322 g/mol. The van der Waals surface area contributed by atoms with Gasteiger partial charge in [-0.15, -0.1) is 0 Å². The first-order valence-electron chi connectivity index (χ1n) is 7.53. The summed E-state index contributed by atoms with van der Waals surface area (Å²) in [5.74, 6) is 0.564. The lowest BCUT2D eigenvalue weighted by Crippen LogP contribution is -2.31. The topological polar surface area (TPSA) is 90.0 Å². The van der Waals surface area contributed by atoms with E-state index in [1.54, 1.807) is 12.4 Å². The van der Waals surface area contributed by atoms with Gasteiger partial charge in [0.05, 0.1) is 4.92 Å². The molecule has 0 radical (unpaired) electrons. The minimum Gasteiger partial charge on any atom is -0.346 e. The highest BCUT2D eigenvalue weighted by atomic mass is 16.6. The average Bonchev–Trinajstić information content (AvgIpc) is 3.15. The Balaban J connectivity index is 1.79. The summed E-state index contributed by atoms with van der Waals surface area (Å²) in [5.41, 5.74) is 2.34. The predicted octanol–water partition coefficient (Wildman–Crippen LogP) is 2.13. The molecule has 120 valence electrons. The van der Waals surface area contributed by atoms with Crippen LogP contribution in [0.4, 0.5) is 11.5 Å². The van der Waals surface area contributed by atoms with E-state index in [1.807, 2.05) is 23.1 Å². The van der Waals surface area contributed by atoms with E-state index in [0.29, 0.717) is 18.9 Å². The lowest BCUT2D eigenvalue weighted by molar-refractivity contribution is -0.384. The number of imidazole rings is 1. The van der Waals surface area contributed by atoms with Crippen molar-refractivity contribution in [1.82, 2.24) is 19.5 Å². The SMILES string of the molecule is O=[N+]([O-])c1c(N2CCc3ccccc3C2)ncnc1-n1ccnc1. The van der Waals surface area contributed by atoms with E-state index in [1.165, 1.54) is 28.3 Å². The molecule has 1 aromatic carbocycles. The standard InChI is InChI=1S/C16H14N6O2/c23-22(24)14-15(18-10-19-16(14)21-8-6-17-11-21)20-7-5-12-3-1-2-4-13(12)9-20/h1-4,6,8,10-11H,5,7,9H2. The third-order valence-electron chi connectivity index (χ3n) is 4.15. The van der Waals surface area contributed by atoms with Gasteiger partial charge < -0.3 is 4.90 Å². The highest BCUT2D eigenvalue weighted by molar-refractivity contribution is 5.66. The van der Waals surface area contributed by atoms with Crippen LogP contribution >= 0.6 is 0 Å². The lowest BCUT2D eigenvalue weighted by Gasteiger charge is -2.29. The molecule has 0 amide bonds. The molecule has 1 aliphatic heterocycles. The smallest absolute Gasteiger partial charge is 0.346 e. The molecule has 0 aliphatic carbocycles. The zero-order valence-corrected chi connectivity index (χ0v) is 12.7. The van der Waals surface area contributed by atoms with Gasteiger partial charge in [0.2, 0.25) is 11.6 Å². The summed E-state index contributed by atoms with van der Waals surface area (Å²) < 4.78 is 1.53. The molecule has 2 aromatic heterocycles. The molecule has 8 nitrogen and oxygen atoms in total. The maximum atomic E-state index is 11.7. The van der Waals surface area contributed by atoms with Gasteiger partial charge >= 0.3 is 5.69 Å². The monoisotopic (exact) mass is 322 g/mol. The minimum atomic E-state index is -0.425. The van der Waals surface area contributed by atoms with E-state index in [0.717, 1.165) is 6.42 Å². The largest absolute Gasteiger partial charge is 0.354 e. The van der Waals surface area contributed by atoms with Crippen LogP contribution in [0, 0.1) is 10.1 Å². The zero-order valence-electron chi connectivity index (χ0n) is 12.7. The second-order valence-electron chi connectivity index (χ2n) is 5.54. The van der Waals surface area contributed by atoms with Crippen LogP contribution < -0.4 is 4.90 Å². The van der Waals surface area contributed by atoms with E-state index >= 15 is 0 Å². The number of benzene rings is 1. The van der Waals surface area contributed by atoms with E-state index in [9.17, 15) is 10.1 Å². The summed E-state index contributed by atoms with van der Waals surface area (Å²) >= 11 is 0. The molecule has 0 spiro atoms. The second-order valence-corrected chi connectivity index (χ2v) is 5.54. The molecule has 3 heterocycles. The molecular formula is C16H14N6O2. The Labute approximate surface area is 137 Å². The van der Waals surface area contributed by atoms with Gasteiger partial charge in [0.1, 0.15) is 12.7 Å². The van der Waals surface area contributed by atoms with Crippen molar-refractivity contribution in [3.05, 3.63) is 70.6 Å². The Morgan fingerprint density at radius 3 is 2.67 bits per heavy atom. The van der Waals surface area contributed by atoms with Crippen LogP contribution in [0.2, 0.25) is 0 Å². The molecule has 8 heteroatoms. The number of anilines is 1. The molecule has 24 heavy (non-hydrogen) atoms. The van der Waals surface area contributed by atoms with Crippen LogP contribution in [0.3, 0.4) is 0 Å². The zero-order chi connectivity index (χ0) is 16.5. The van der Waals surface area contributed by atoms with E-state index in [-0.39, 0.29) is 11.5 Å². The number of fused-ring (bicyclic) bond motifs is 1. The van der Waals surface area contributed by atoms with E-state index in [2.05, 4.69) is 21.0 Å². The number of rotatable bonds is 3. The normalized spacial score (nSPS) is 13.6. The number of hydrogen-bond acceptors (Lipinski definition) is 6. The van der Waals surface area contributed by atoms with Crippen molar-refractivity contribution >= 4 is 11.5 Å². The van der Waals surface area contributed by atoms with Crippen LogP contribution in [0.25, 0.3) is 5.82 Å². The van der Waals surface area contributed by atoms with Gasteiger partial charge in [0.15, 0.2) is 0 Å². The molecule has 0 saturated heterocycles. The number of nitrogens with zero attached hydrogens (tertiary/aromatic N) is 6. The summed E-state index contributed by atoms with van der Waals surface area (Å²) in [6.07, 6.45) is 6.87. The molecule has 0 N–H and O–H groups in total. The van der Waals surface area contributed by atoms with Gasteiger partial charge in [-0.25, -0.2) is 15.0 Å². The molecule has 0 saturated carbocycles. The molecule has 0 fully saturated rings. The van der Waals surface area contributed by atoms with E-state index < -0.39 is 4.92 Å². The second kappa shape index (κ2) is 5.73. The first-order valence-corrected chi connectivity index (χ1v) is 7.53. The summed E-state index contributed by atoms with van der Waals surface area (Å²) in [4.78, 5) is 25.4. The molecule has 4 rings (SSSR count). The maximum absolute atomic E-state index is 11.7. The molecule has 3 aromatic rings. The lowest BCUT2D eigenvalue weighted by atomic mass is 10.00. The van der Waals surface area contributed by atoms with Crippen LogP contribution in [-0.4, -0.2) is 31.0 Å². The van der Waals surface area contributed by atoms with Crippen molar-refractivity contribution in [2.45, 2.75) is 13.0 Å². The van der Waals surface area contributed by atoms with Crippen LogP contribution in [0.15, 0.2) is 49.3 Å². The minimum absolute atomic E-state index is 0.102. The van der Waals surface area contributed by atoms with Gasteiger partial charge in [-0.1, -0.05) is 24.3 Å². The third kappa shape index (κ3) is 2.37. The highest BCUT2D eigenvalue weighted by Gasteiger charge is 2.29. The van der Waals surface area contributed by atoms with Crippen molar-refractivity contribution in [3.8, 4) is 5.82 Å². The van der Waals surface area contributed by atoms with Crippen molar-refractivity contribution in [1.29, 1.82) is 0 Å². The van der Waals surface area contributed by atoms with Crippen molar-refractivity contribution in [2.75, 3.05) is 11.4 Å². The molecule has 0 atom stereocenters. The van der Waals surface area contributed by atoms with Gasteiger partial charge in [-0.3, -0.25) is 14.7 Å². The molecule has 0 unspecified atom stereocenters. The summed E-state index contributed by atoms with van der Waals surface area (Å²) in [5, 5.41) is 11.7. The fourth-order valence-corrected chi connectivity index (χ4v) is 3.01. The van der Waals surface area contributed by atoms with Crippen molar-refractivity contribution in [3.63, 3.8) is 0 Å². The highest BCUT2D eigenvalue weighted by Crippen LogP contribution is 2.33. The van der Waals surface area contributed by atoms with Crippen molar-refractivity contribution < 1.29 is 4.92 Å². The van der Waals surface area contributed by atoms with Crippen molar-refractivity contribution in [2.24, 2.45) is 0 Å². The number of hydrogen-bond donors (Lipinski definition) is 0.